The molecule has 0 amide bonds. The maximum absolute atomic E-state index is 11.3. The molecule has 0 spiro atoms. The Morgan fingerprint density at radius 3 is 2.38 bits per heavy atom. The van der Waals surface area contributed by atoms with Gasteiger partial charge in [-0.05, 0) is 19.3 Å². The molecule has 0 aliphatic carbocycles. The Morgan fingerprint density at radius 1 is 1.50 bits per heavy atom. The Hall–Kier alpha value is -0.650. The second-order valence-electron chi connectivity index (χ2n) is 4.98. The summed E-state index contributed by atoms with van der Waals surface area (Å²) in [5.74, 6) is -0.386. The van der Waals surface area contributed by atoms with E-state index >= 15 is 0 Å². The van der Waals surface area contributed by atoms with Crippen molar-refractivity contribution in [3.05, 3.63) is 0 Å². The molecule has 16 heavy (non-hydrogen) atoms. The molecule has 0 saturated heterocycles. The van der Waals surface area contributed by atoms with Gasteiger partial charge in [0, 0.05) is 6.04 Å². The SMILES string of the molecule is CCOC(=O)[C@H](C)NC(O)[C@@H](N)C(C)(C)C. The number of hydrogen-bond donors (Lipinski definition) is 3. The highest BCUT2D eigenvalue weighted by Crippen LogP contribution is 2.19. The Labute approximate surface area is 97.3 Å². The fraction of sp³-hybridized carbons (Fsp3) is 0.909. The van der Waals surface area contributed by atoms with Crippen LogP contribution < -0.4 is 11.1 Å². The van der Waals surface area contributed by atoms with Gasteiger partial charge in [-0.2, -0.15) is 0 Å². The van der Waals surface area contributed by atoms with Crippen LogP contribution in [-0.4, -0.2) is 36.0 Å². The molecule has 0 bridgehead atoms. The maximum atomic E-state index is 11.3. The van der Waals surface area contributed by atoms with Crippen molar-refractivity contribution in [1.82, 2.24) is 5.32 Å². The molecule has 5 heteroatoms. The molecule has 0 aromatic heterocycles. The molecule has 5 nitrogen and oxygen atoms in total. The van der Waals surface area contributed by atoms with Gasteiger partial charge in [0.1, 0.15) is 12.3 Å². The van der Waals surface area contributed by atoms with Gasteiger partial charge in [0.05, 0.1) is 6.61 Å². The number of esters is 1. The van der Waals surface area contributed by atoms with E-state index in [1.54, 1.807) is 13.8 Å². The molecule has 4 N–H and O–H groups in total. The zero-order valence-corrected chi connectivity index (χ0v) is 10.8. The lowest BCUT2D eigenvalue weighted by Gasteiger charge is -2.32. The molecule has 0 saturated carbocycles. The fourth-order valence-electron chi connectivity index (χ4n) is 1.17. The molecule has 3 atom stereocenters. The highest BCUT2D eigenvalue weighted by atomic mass is 16.5. The van der Waals surface area contributed by atoms with Crippen LogP contribution in [0.1, 0.15) is 34.6 Å². The number of aliphatic hydroxyl groups excluding tert-OH is 1. The average molecular weight is 232 g/mol. The number of hydrogen-bond acceptors (Lipinski definition) is 5. The highest BCUT2D eigenvalue weighted by Gasteiger charge is 2.29. The summed E-state index contributed by atoms with van der Waals surface area (Å²) in [5, 5.41) is 12.5. The third-order valence-electron chi connectivity index (χ3n) is 2.40. The summed E-state index contributed by atoms with van der Waals surface area (Å²) in [4.78, 5) is 11.3. The summed E-state index contributed by atoms with van der Waals surface area (Å²) in [5.41, 5.74) is 5.62. The maximum Gasteiger partial charge on any atom is 0.322 e. The summed E-state index contributed by atoms with van der Waals surface area (Å²) >= 11 is 0. The van der Waals surface area contributed by atoms with Crippen LogP contribution in [0.2, 0.25) is 0 Å². The Kier molecular flexibility index (Phi) is 5.92. The van der Waals surface area contributed by atoms with Crippen LogP contribution in [0.4, 0.5) is 0 Å². The number of carbonyl (C=O) groups is 1. The van der Waals surface area contributed by atoms with E-state index in [0.29, 0.717) is 6.61 Å². The summed E-state index contributed by atoms with van der Waals surface area (Å²) in [6.07, 6.45) is -0.931. The molecular formula is C11H24N2O3. The van der Waals surface area contributed by atoms with E-state index in [2.05, 4.69) is 5.32 Å². The first kappa shape index (κ1) is 15.3. The molecular weight excluding hydrogens is 208 g/mol. The highest BCUT2D eigenvalue weighted by molar-refractivity contribution is 5.75. The van der Waals surface area contributed by atoms with Crippen molar-refractivity contribution in [2.24, 2.45) is 11.1 Å². The van der Waals surface area contributed by atoms with Gasteiger partial charge in [-0.1, -0.05) is 20.8 Å². The molecule has 96 valence electrons. The van der Waals surface area contributed by atoms with Crippen LogP contribution in [0.25, 0.3) is 0 Å². The van der Waals surface area contributed by atoms with Crippen molar-refractivity contribution >= 4 is 5.97 Å². The number of nitrogens with two attached hydrogens (primary N) is 1. The van der Waals surface area contributed by atoms with Crippen LogP contribution in [-0.2, 0) is 9.53 Å². The number of rotatable bonds is 5. The third kappa shape index (κ3) is 4.92. The van der Waals surface area contributed by atoms with E-state index in [4.69, 9.17) is 10.5 Å². The molecule has 0 radical (unpaired) electrons. The van der Waals surface area contributed by atoms with Crippen LogP contribution in [0.15, 0.2) is 0 Å². The van der Waals surface area contributed by atoms with Crippen molar-refractivity contribution in [1.29, 1.82) is 0 Å². The minimum Gasteiger partial charge on any atom is -0.465 e. The Morgan fingerprint density at radius 2 is 2.00 bits per heavy atom. The van der Waals surface area contributed by atoms with E-state index in [1.807, 2.05) is 20.8 Å². The Bertz CT molecular complexity index is 226. The summed E-state index contributed by atoms with van der Waals surface area (Å²) in [6, 6.07) is -1.02. The van der Waals surface area contributed by atoms with Crippen LogP contribution in [0.5, 0.6) is 0 Å². The van der Waals surface area contributed by atoms with E-state index in [1.165, 1.54) is 0 Å². The minimum absolute atomic E-state index is 0.235. The predicted octanol–water partition coefficient (Wildman–Crippen LogP) is 0.219. The first-order chi connectivity index (χ1) is 7.20. The summed E-state index contributed by atoms with van der Waals surface area (Å²) in [7, 11) is 0. The first-order valence-electron chi connectivity index (χ1n) is 5.56. The molecule has 0 fully saturated rings. The van der Waals surface area contributed by atoms with Gasteiger partial charge in [-0.15, -0.1) is 0 Å². The zero-order valence-electron chi connectivity index (χ0n) is 10.8. The summed E-state index contributed by atoms with van der Waals surface area (Å²) in [6.45, 7) is 9.48. The standard InChI is InChI=1S/C11H24N2O3/c1-6-16-10(15)7(2)13-9(14)8(12)11(3,4)5/h7-9,13-14H,6,12H2,1-5H3/t7-,8+,9?/m0/s1. The van der Waals surface area contributed by atoms with Crippen molar-refractivity contribution in [2.75, 3.05) is 6.61 Å². The second kappa shape index (κ2) is 6.18. The molecule has 0 heterocycles. The van der Waals surface area contributed by atoms with Gasteiger partial charge < -0.3 is 15.6 Å². The van der Waals surface area contributed by atoms with Crippen molar-refractivity contribution in [3.63, 3.8) is 0 Å². The van der Waals surface area contributed by atoms with Gasteiger partial charge >= 0.3 is 5.97 Å². The molecule has 0 rings (SSSR count). The fourth-order valence-corrected chi connectivity index (χ4v) is 1.17. The second-order valence-corrected chi connectivity index (χ2v) is 4.98. The van der Waals surface area contributed by atoms with Gasteiger partial charge in [-0.3, -0.25) is 10.1 Å². The number of nitrogens with one attached hydrogen (secondary N) is 1. The third-order valence-corrected chi connectivity index (χ3v) is 2.40. The van der Waals surface area contributed by atoms with E-state index in [0.717, 1.165) is 0 Å². The summed E-state index contributed by atoms with van der Waals surface area (Å²) < 4.78 is 4.82. The predicted molar refractivity (Wildman–Crippen MR) is 62.7 cm³/mol. The van der Waals surface area contributed by atoms with Crippen LogP contribution in [0, 0.1) is 5.41 Å². The zero-order chi connectivity index (χ0) is 12.9. The van der Waals surface area contributed by atoms with Crippen LogP contribution >= 0.6 is 0 Å². The number of ether oxygens (including phenoxy) is 1. The van der Waals surface area contributed by atoms with E-state index in [9.17, 15) is 9.90 Å². The minimum atomic E-state index is -0.931. The lowest BCUT2D eigenvalue weighted by Crippen LogP contribution is -2.55. The molecule has 0 aliphatic rings. The lowest BCUT2D eigenvalue weighted by atomic mass is 9.86. The van der Waals surface area contributed by atoms with E-state index in [-0.39, 0.29) is 11.4 Å². The molecule has 0 aliphatic heterocycles. The van der Waals surface area contributed by atoms with Gasteiger partial charge in [-0.25, -0.2) is 0 Å². The molecule has 1 unspecified atom stereocenters. The van der Waals surface area contributed by atoms with Gasteiger partial charge in [0.15, 0.2) is 0 Å². The van der Waals surface area contributed by atoms with Crippen LogP contribution in [0.3, 0.4) is 0 Å². The van der Waals surface area contributed by atoms with Gasteiger partial charge in [0.25, 0.3) is 0 Å². The van der Waals surface area contributed by atoms with Crippen molar-refractivity contribution in [2.45, 2.75) is 52.9 Å². The monoisotopic (exact) mass is 232 g/mol. The van der Waals surface area contributed by atoms with Crippen molar-refractivity contribution < 1.29 is 14.6 Å². The largest absolute Gasteiger partial charge is 0.465 e. The first-order valence-corrected chi connectivity index (χ1v) is 5.56. The smallest absolute Gasteiger partial charge is 0.322 e. The van der Waals surface area contributed by atoms with E-state index < -0.39 is 18.3 Å². The number of carbonyl (C=O) groups excluding carboxylic acids is 1. The molecule has 0 aromatic carbocycles. The lowest BCUT2D eigenvalue weighted by molar-refractivity contribution is -0.146. The quantitative estimate of drug-likeness (QED) is 0.466. The average Bonchev–Trinajstić information content (AvgIpc) is 2.15. The van der Waals surface area contributed by atoms with Crippen molar-refractivity contribution in [3.8, 4) is 0 Å². The molecule has 0 aromatic rings. The normalized spacial score (nSPS) is 17.7. The Balaban J connectivity index is 4.23. The van der Waals surface area contributed by atoms with Gasteiger partial charge in [0.2, 0.25) is 0 Å². The topological polar surface area (TPSA) is 84.6 Å². The number of aliphatic hydroxyl groups is 1.